The van der Waals surface area contributed by atoms with Crippen LogP contribution in [0.25, 0.3) is 11.3 Å². The fourth-order valence-corrected chi connectivity index (χ4v) is 1.40. The Morgan fingerprint density at radius 2 is 2.33 bits per heavy atom. The van der Waals surface area contributed by atoms with Crippen molar-refractivity contribution in [2.75, 3.05) is 6.54 Å². The van der Waals surface area contributed by atoms with Gasteiger partial charge < -0.3 is 5.73 Å². The van der Waals surface area contributed by atoms with Gasteiger partial charge in [0.05, 0.1) is 12.7 Å². The Labute approximate surface area is 87.9 Å². The molecule has 0 unspecified atom stereocenters. The number of nitrogens with zero attached hydrogens (tertiary/aromatic N) is 4. The van der Waals surface area contributed by atoms with E-state index < -0.39 is 0 Å². The second-order valence-electron chi connectivity index (χ2n) is 3.35. The van der Waals surface area contributed by atoms with Crippen molar-refractivity contribution in [2.45, 2.75) is 13.5 Å². The first-order valence-electron chi connectivity index (χ1n) is 4.82. The molecule has 0 bridgehead atoms. The van der Waals surface area contributed by atoms with E-state index >= 15 is 0 Å². The highest BCUT2D eigenvalue weighted by atomic mass is 15.4. The number of nitrogens with two attached hydrogens (primary N) is 1. The normalized spacial score (nSPS) is 10.5. The van der Waals surface area contributed by atoms with Crippen LogP contribution in [0.1, 0.15) is 5.56 Å². The van der Waals surface area contributed by atoms with E-state index in [9.17, 15) is 0 Å². The maximum absolute atomic E-state index is 5.44. The van der Waals surface area contributed by atoms with Gasteiger partial charge in [-0.15, -0.1) is 5.10 Å². The van der Waals surface area contributed by atoms with Crippen LogP contribution in [0, 0.1) is 6.92 Å². The lowest BCUT2D eigenvalue weighted by Gasteiger charge is -1.98. The zero-order valence-electron chi connectivity index (χ0n) is 8.59. The number of aromatic nitrogens is 4. The lowest BCUT2D eigenvalue weighted by Crippen LogP contribution is -2.10. The third kappa shape index (κ3) is 2.02. The molecule has 0 aliphatic rings. The number of hydrogen-bond acceptors (Lipinski definition) is 4. The first-order chi connectivity index (χ1) is 7.31. The minimum absolute atomic E-state index is 0.564. The van der Waals surface area contributed by atoms with Crippen LogP contribution in [-0.4, -0.2) is 26.5 Å². The maximum Gasteiger partial charge on any atom is 0.114 e. The molecule has 78 valence electrons. The summed E-state index contributed by atoms with van der Waals surface area (Å²) >= 11 is 0. The molecular weight excluding hydrogens is 190 g/mol. The van der Waals surface area contributed by atoms with E-state index in [-0.39, 0.29) is 0 Å². The molecule has 0 fully saturated rings. The van der Waals surface area contributed by atoms with Gasteiger partial charge in [0.2, 0.25) is 0 Å². The summed E-state index contributed by atoms with van der Waals surface area (Å²) in [4.78, 5) is 4.08. The van der Waals surface area contributed by atoms with Gasteiger partial charge in [0.15, 0.2) is 0 Å². The lowest BCUT2D eigenvalue weighted by atomic mass is 10.1. The van der Waals surface area contributed by atoms with Crippen molar-refractivity contribution in [3.05, 3.63) is 30.2 Å². The van der Waals surface area contributed by atoms with Crippen LogP contribution in [0.5, 0.6) is 0 Å². The zero-order valence-corrected chi connectivity index (χ0v) is 8.59. The van der Waals surface area contributed by atoms with Gasteiger partial charge in [0, 0.05) is 24.5 Å². The van der Waals surface area contributed by atoms with Gasteiger partial charge in [0.1, 0.15) is 5.69 Å². The Morgan fingerprint density at radius 1 is 1.47 bits per heavy atom. The topological polar surface area (TPSA) is 69.6 Å². The summed E-state index contributed by atoms with van der Waals surface area (Å²) in [5.74, 6) is 0. The molecule has 5 nitrogen and oxygen atoms in total. The van der Waals surface area contributed by atoms with Gasteiger partial charge in [-0.1, -0.05) is 5.21 Å². The van der Waals surface area contributed by atoms with Crippen LogP contribution in [0.2, 0.25) is 0 Å². The summed E-state index contributed by atoms with van der Waals surface area (Å²) < 4.78 is 1.74. The second kappa shape index (κ2) is 4.18. The summed E-state index contributed by atoms with van der Waals surface area (Å²) in [6.07, 6.45) is 5.45. The standard InChI is InChI=1S/C10H13N5/c1-8-2-4-12-6-9(8)10-7-15(5-3-11)14-13-10/h2,4,6-7H,3,5,11H2,1H3. The third-order valence-corrected chi connectivity index (χ3v) is 2.21. The van der Waals surface area contributed by atoms with Gasteiger partial charge >= 0.3 is 0 Å². The highest BCUT2D eigenvalue weighted by Crippen LogP contribution is 2.18. The second-order valence-corrected chi connectivity index (χ2v) is 3.35. The first kappa shape index (κ1) is 9.79. The van der Waals surface area contributed by atoms with E-state index in [0.717, 1.165) is 16.8 Å². The molecular formula is C10H13N5. The van der Waals surface area contributed by atoms with Gasteiger partial charge in [-0.2, -0.15) is 0 Å². The number of hydrogen-bond donors (Lipinski definition) is 1. The molecule has 0 aromatic carbocycles. The van der Waals surface area contributed by atoms with Crippen molar-refractivity contribution in [3.8, 4) is 11.3 Å². The third-order valence-electron chi connectivity index (χ3n) is 2.21. The minimum Gasteiger partial charge on any atom is -0.329 e. The van der Waals surface area contributed by atoms with Crippen LogP contribution < -0.4 is 5.73 Å². The molecule has 2 aromatic rings. The van der Waals surface area contributed by atoms with Gasteiger partial charge in [-0.3, -0.25) is 9.67 Å². The number of rotatable bonds is 3. The van der Waals surface area contributed by atoms with Crippen LogP contribution in [0.3, 0.4) is 0 Å². The Kier molecular flexibility index (Phi) is 2.73. The quantitative estimate of drug-likeness (QED) is 0.793. The Hall–Kier alpha value is -1.75. The summed E-state index contributed by atoms with van der Waals surface area (Å²) in [6, 6.07) is 1.96. The van der Waals surface area contributed by atoms with E-state index in [0.29, 0.717) is 13.1 Å². The Morgan fingerprint density at radius 3 is 3.07 bits per heavy atom. The molecule has 0 aliphatic carbocycles. The molecule has 0 aliphatic heterocycles. The molecule has 0 radical (unpaired) electrons. The van der Waals surface area contributed by atoms with Gasteiger partial charge in [-0.25, -0.2) is 0 Å². The molecule has 2 rings (SSSR count). The maximum atomic E-state index is 5.44. The number of aryl methyl sites for hydroxylation is 1. The molecule has 2 N–H and O–H groups in total. The van der Waals surface area contributed by atoms with E-state index in [1.165, 1.54) is 0 Å². The first-order valence-corrected chi connectivity index (χ1v) is 4.82. The molecule has 2 aromatic heterocycles. The monoisotopic (exact) mass is 203 g/mol. The van der Waals surface area contributed by atoms with Crippen molar-refractivity contribution >= 4 is 0 Å². The van der Waals surface area contributed by atoms with Crippen LogP contribution >= 0.6 is 0 Å². The van der Waals surface area contributed by atoms with Crippen molar-refractivity contribution in [1.29, 1.82) is 0 Å². The fourth-order valence-electron chi connectivity index (χ4n) is 1.40. The fraction of sp³-hybridized carbons (Fsp3) is 0.300. The van der Waals surface area contributed by atoms with Crippen LogP contribution in [0.4, 0.5) is 0 Å². The molecule has 5 heteroatoms. The lowest BCUT2D eigenvalue weighted by molar-refractivity contribution is 0.598. The smallest absolute Gasteiger partial charge is 0.114 e. The van der Waals surface area contributed by atoms with E-state index in [1.807, 2.05) is 19.2 Å². The van der Waals surface area contributed by atoms with E-state index in [2.05, 4.69) is 15.3 Å². The highest BCUT2D eigenvalue weighted by molar-refractivity contribution is 5.60. The summed E-state index contributed by atoms with van der Waals surface area (Å²) in [5.41, 5.74) is 8.44. The molecule has 0 amide bonds. The van der Waals surface area contributed by atoms with Gasteiger partial charge in [-0.05, 0) is 18.6 Å². The molecule has 0 atom stereocenters. The Bertz CT molecular complexity index is 449. The van der Waals surface area contributed by atoms with E-state index in [1.54, 1.807) is 17.1 Å². The van der Waals surface area contributed by atoms with E-state index in [4.69, 9.17) is 5.73 Å². The molecule has 0 spiro atoms. The molecule has 0 saturated heterocycles. The van der Waals surface area contributed by atoms with Crippen LogP contribution in [0.15, 0.2) is 24.7 Å². The average Bonchev–Trinajstić information content (AvgIpc) is 2.68. The van der Waals surface area contributed by atoms with Crippen molar-refractivity contribution in [1.82, 2.24) is 20.0 Å². The molecule has 15 heavy (non-hydrogen) atoms. The molecule has 2 heterocycles. The highest BCUT2D eigenvalue weighted by Gasteiger charge is 2.05. The average molecular weight is 203 g/mol. The molecule has 0 saturated carbocycles. The summed E-state index contributed by atoms with van der Waals surface area (Å²) in [7, 11) is 0. The minimum atomic E-state index is 0.564. The predicted octanol–water partition coefficient (Wildman–Crippen LogP) is 0.607. The SMILES string of the molecule is Cc1ccncc1-c1cn(CCN)nn1. The largest absolute Gasteiger partial charge is 0.329 e. The number of pyridine rings is 1. The summed E-state index contributed by atoms with van der Waals surface area (Å²) in [6.45, 7) is 3.28. The predicted molar refractivity (Wildman–Crippen MR) is 57.0 cm³/mol. The Balaban J connectivity index is 2.33. The zero-order chi connectivity index (χ0) is 10.7. The van der Waals surface area contributed by atoms with Crippen molar-refractivity contribution in [2.24, 2.45) is 5.73 Å². The van der Waals surface area contributed by atoms with Crippen LogP contribution in [-0.2, 0) is 6.54 Å². The van der Waals surface area contributed by atoms with Crippen molar-refractivity contribution < 1.29 is 0 Å². The summed E-state index contributed by atoms with van der Waals surface area (Å²) in [5, 5.41) is 8.07. The van der Waals surface area contributed by atoms with Crippen molar-refractivity contribution in [3.63, 3.8) is 0 Å². The van der Waals surface area contributed by atoms with Gasteiger partial charge in [0.25, 0.3) is 0 Å².